The highest BCUT2D eigenvalue weighted by Crippen LogP contribution is 2.23. The molecule has 0 unspecified atom stereocenters. The fraction of sp³-hybridized carbons (Fsp3) is 0.433. The number of nitrogens with two attached hydrogens (primary N) is 1. The number of piperazine rings is 1. The molecule has 8 rings (SSSR count). The minimum atomic E-state index is -3.96. The Hall–Kier alpha value is -7.86. The van der Waals surface area contributed by atoms with E-state index < -0.39 is 37.3 Å². The van der Waals surface area contributed by atoms with E-state index in [4.69, 9.17) is 11.0 Å². The predicted octanol–water partition coefficient (Wildman–Crippen LogP) is 11.1. The van der Waals surface area contributed by atoms with Crippen LogP contribution in [0, 0.1) is 22.2 Å². The number of hydrogen-bond donors (Lipinski definition) is 5. The van der Waals surface area contributed by atoms with Crippen molar-refractivity contribution in [3.8, 4) is 6.07 Å². The van der Waals surface area contributed by atoms with Gasteiger partial charge < -0.3 is 26.0 Å². The van der Waals surface area contributed by atoms with Gasteiger partial charge in [-0.2, -0.15) is 30.7 Å². The number of carbonyl (C=O) groups excluding carboxylic acids is 3. The summed E-state index contributed by atoms with van der Waals surface area (Å²) >= 11 is 3.24. The van der Waals surface area contributed by atoms with Crippen LogP contribution >= 0.6 is 15.9 Å². The zero-order valence-electron chi connectivity index (χ0n) is 51.5. The van der Waals surface area contributed by atoms with Crippen LogP contribution in [0.1, 0.15) is 149 Å². The molecule has 6 aromatic heterocycles. The number of nitrogens with one attached hydrogen (secondary N) is 4. The molecule has 2 aliphatic rings. The number of nitriles is 1. The van der Waals surface area contributed by atoms with Gasteiger partial charge in [-0.25, -0.2) is 39.4 Å². The molecule has 6 aromatic rings. The zero-order chi connectivity index (χ0) is 64.2. The Morgan fingerprint density at radius 2 is 1.00 bits per heavy atom. The fourth-order valence-corrected chi connectivity index (χ4v) is 9.70. The number of amides is 3. The highest BCUT2D eigenvalue weighted by molar-refractivity contribution is 9.10. The Bertz CT molecular complexity index is 3470. The van der Waals surface area contributed by atoms with Crippen LogP contribution in [0.2, 0.25) is 0 Å². The molecule has 3 amide bonds. The van der Waals surface area contributed by atoms with E-state index in [0.29, 0.717) is 75.8 Å². The molecule has 2 saturated heterocycles. The first-order chi connectivity index (χ1) is 40.2. The topological polar surface area (TPSA) is 314 Å². The van der Waals surface area contributed by atoms with Gasteiger partial charge in [-0.15, -0.1) is 0 Å². The zero-order valence-corrected chi connectivity index (χ0v) is 54.7. The van der Waals surface area contributed by atoms with Crippen LogP contribution in [0.25, 0.3) is 0 Å². The lowest BCUT2D eigenvalue weighted by Crippen LogP contribution is -2.50. The average molecular weight is 1290 g/mol. The molecule has 23 nitrogen and oxygen atoms in total. The van der Waals surface area contributed by atoms with Crippen LogP contribution in [-0.4, -0.2) is 113 Å². The molecule has 0 aromatic carbocycles. The molecule has 8 heterocycles. The van der Waals surface area contributed by atoms with E-state index in [1.54, 1.807) is 42.5 Å². The van der Waals surface area contributed by atoms with Gasteiger partial charge in [0.25, 0.3) is 0 Å². The summed E-state index contributed by atoms with van der Waals surface area (Å²) in [7, 11) is -7.62. The number of carbonyl (C=O) groups is 3. The van der Waals surface area contributed by atoms with Gasteiger partial charge >= 0.3 is 26.5 Å². The molecule has 464 valence electrons. The number of rotatable bonds is 13. The summed E-state index contributed by atoms with van der Waals surface area (Å²) in [6, 6.07) is 32.7. The van der Waals surface area contributed by atoms with E-state index in [1.807, 2.05) is 135 Å². The maximum Gasteiger partial charge on any atom is 0.425 e. The second-order valence-electron chi connectivity index (χ2n) is 23.0. The van der Waals surface area contributed by atoms with Crippen LogP contribution < -0.4 is 30.7 Å². The van der Waals surface area contributed by atoms with Gasteiger partial charge in [0.1, 0.15) is 52.2 Å². The second-order valence-corrected chi connectivity index (χ2v) is 27.1. The number of hydrogen-bond acceptors (Lipinski definition) is 17. The molecule has 26 heteroatoms. The molecule has 0 radical (unpaired) electrons. The molecular formula is C60H82BrN15O8S2. The van der Waals surface area contributed by atoms with E-state index in [9.17, 15) is 31.2 Å². The molecule has 0 atom stereocenters. The van der Waals surface area contributed by atoms with Crippen molar-refractivity contribution in [2.24, 2.45) is 10.8 Å². The Labute approximate surface area is 515 Å². The number of halogens is 1. The van der Waals surface area contributed by atoms with Gasteiger partial charge in [0.05, 0.1) is 12.1 Å². The van der Waals surface area contributed by atoms with E-state index in [0.717, 1.165) is 28.6 Å². The molecule has 0 spiro atoms. The highest BCUT2D eigenvalue weighted by Gasteiger charge is 2.34. The fourth-order valence-electron chi connectivity index (χ4n) is 7.16. The first-order valence-electron chi connectivity index (χ1n) is 27.9. The van der Waals surface area contributed by atoms with Gasteiger partial charge in [-0.05, 0) is 112 Å². The van der Waals surface area contributed by atoms with Crippen molar-refractivity contribution in [2.45, 2.75) is 121 Å². The maximum absolute atomic E-state index is 12.7. The lowest BCUT2D eigenvalue weighted by molar-refractivity contribution is -0.123. The SMILES string of the molecule is CC(C)(C)C(=O)Nc1cccc(Br)n1.CC(C)c1cccc(N)n1.CC(C)c1cccc(NC(=O)C(C)(C)C)n1.CC(C)c1cccc(NS(=O)(=O)N2CCN(c3ccc(C#N)cn3)CC2)n1.CC(C)c1cccc(NS(=O)(=O)N2CCOC2=O)n1. The third kappa shape index (κ3) is 23.2. The number of nitrogen functional groups attached to an aromatic ring is 1. The molecule has 2 aliphatic heterocycles. The first-order valence-corrected chi connectivity index (χ1v) is 31.6. The van der Waals surface area contributed by atoms with Gasteiger partial charge in [-0.3, -0.25) is 14.3 Å². The van der Waals surface area contributed by atoms with Gasteiger partial charge in [0.2, 0.25) is 11.8 Å². The molecule has 0 saturated carbocycles. The molecular weight excluding hydrogens is 1200 g/mol. The second kappa shape index (κ2) is 32.0. The predicted molar refractivity (Wildman–Crippen MR) is 342 cm³/mol. The highest BCUT2D eigenvalue weighted by atomic mass is 79.9. The van der Waals surface area contributed by atoms with E-state index in [2.05, 4.69) is 98.3 Å². The van der Waals surface area contributed by atoms with Crippen LogP contribution in [0.15, 0.2) is 114 Å². The Morgan fingerprint density at radius 1 is 0.581 bits per heavy atom. The van der Waals surface area contributed by atoms with Crippen LogP contribution in [0.5, 0.6) is 0 Å². The smallest absolute Gasteiger partial charge is 0.425 e. The first kappa shape index (κ1) is 70.6. The number of aromatic nitrogens is 6. The lowest BCUT2D eigenvalue weighted by Gasteiger charge is -2.34. The minimum absolute atomic E-state index is 0.0119. The van der Waals surface area contributed by atoms with Crippen molar-refractivity contribution >= 4 is 89.2 Å². The normalized spacial score (nSPS) is 13.5. The van der Waals surface area contributed by atoms with Crippen LogP contribution in [-0.2, 0) is 34.7 Å². The van der Waals surface area contributed by atoms with Crippen molar-refractivity contribution < 1.29 is 36.0 Å². The summed E-state index contributed by atoms with van der Waals surface area (Å²) in [5, 5.41) is 14.4. The van der Waals surface area contributed by atoms with E-state index in [1.165, 1.54) is 16.6 Å². The Morgan fingerprint density at radius 3 is 1.38 bits per heavy atom. The summed E-state index contributed by atoms with van der Waals surface area (Å²) in [6.07, 6.45) is 0.653. The third-order valence-corrected chi connectivity index (χ3v) is 15.6. The molecule has 0 bridgehead atoms. The standard InChI is InChI=1S/C18H22N6O2S.C13H20N2O.C11H15N3O4S.C10H13BrN2O.C8H12N2/c1-14(2)16-4-3-5-17(21-16)22-27(25,26)24-10-8-23(9-11-24)18-7-6-15(12-19)13-20-18;1-9(2)10-7-6-8-11(14-10)15-12(16)13(3,4)5;1-8(2)9-4-3-5-10(12-9)13-19(16,17)14-6-7-18-11(14)15;1-10(2,3)9(14)13-8-6-4-5-7(11)12-8;1-6(2)7-4-3-5-8(9)10-7/h3-7,13-14H,8-11H2,1-2H3,(H,21,22);6-9H,1-5H3,(H,14,15,16);3-5,8H,6-7H2,1-2H3,(H,12,13);4-6H,1-3H3,(H,12,13,14);3-6H,1-2H3,(H2,9,10). The summed E-state index contributed by atoms with van der Waals surface area (Å²) in [4.78, 5) is 62.1. The maximum atomic E-state index is 12.7. The van der Waals surface area contributed by atoms with Gasteiger partial charge in [0, 0.05) is 66.0 Å². The third-order valence-electron chi connectivity index (χ3n) is 12.3. The largest absolute Gasteiger partial charge is 0.447 e. The summed E-state index contributed by atoms with van der Waals surface area (Å²) in [5.74, 6) is 4.24. The molecule has 0 aliphatic carbocycles. The van der Waals surface area contributed by atoms with Crippen molar-refractivity contribution in [1.29, 1.82) is 5.26 Å². The molecule has 6 N–H and O–H groups in total. The lowest BCUT2D eigenvalue weighted by atomic mass is 9.96. The minimum Gasteiger partial charge on any atom is -0.447 e. The van der Waals surface area contributed by atoms with Crippen molar-refractivity contribution in [3.05, 3.63) is 142 Å². The molecule has 86 heavy (non-hydrogen) atoms. The summed E-state index contributed by atoms with van der Waals surface area (Å²) in [6.45, 7) is 29.4. The number of ether oxygens (including phenoxy) is 1. The van der Waals surface area contributed by atoms with Gasteiger partial charge in [0.15, 0.2) is 0 Å². The molecule has 2 fully saturated rings. The quantitative estimate of drug-likeness (QED) is 0.0671. The van der Waals surface area contributed by atoms with E-state index >= 15 is 0 Å². The summed E-state index contributed by atoms with van der Waals surface area (Å²) in [5.41, 5.74) is 8.85. The van der Waals surface area contributed by atoms with Gasteiger partial charge in [-0.1, -0.05) is 127 Å². The Kier molecular flexibility index (Phi) is 26.3. The van der Waals surface area contributed by atoms with Crippen LogP contribution in [0.4, 0.5) is 39.7 Å². The van der Waals surface area contributed by atoms with E-state index in [-0.39, 0.29) is 42.6 Å². The summed E-state index contributed by atoms with van der Waals surface area (Å²) < 4.78 is 61.5. The van der Waals surface area contributed by atoms with Crippen molar-refractivity contribution in [2.75, 3.05) is 70.0 Å². The number of anilines is 6. The monoisotopic (exact) mass is 1280 g/mol. The number of pyridine rings is 6. The number of cyclic esters (lactones) is 1. The van der Waals surface area contributed by atoms with Crippen LogP contribution in [0.3, 0.4) is 0 Å². The average Bonchev–Trinajstić information content (AvgIpc) is 4.03. The van der Waals surface area contributed by atoms with Crippen molar-refractivity contribution in [3.63, 3.8) is 0 Å². The number of nitrogens with zero attached hydrogens (tertiary/aromatic N) is 10. The van der Waals surface area contributed by atoms with Crippen molar-refractivity contribution in [1.82, 2.24) is 38.5 Å². The Balaban J connectivity index is 0.000000239.